The fourth-order valence-electron chi connectivity index (χ4n) is 2.24. The number of para-hydroxylation sites is 1. The molecule has 0 heterocycles. The lowest BCUT2D eigenvalue weighted by atomic mass is 10.1. The number of carbonyl (C=O) groups excluding carboxylic acids is 3. The molecule has 0 bridgehead atoms. The molecule has 144 valence electrons. The Morgan fingerprint density at radius 3 is 2.46 bits per heavy atom. The first-order chi connectivity index (χ1) is 13.5. The molecule has 2 amide bonds. The van der Waals surface area contributed by atoms with Crippen molar-refractivity contribution in [2.75, 3.05) is 11.9 Å². The van der Waals surface area contributed by atoms with Crippen molar-refractivity contribution in [1.82, 2.24) is 5.32 Å². The lowest BCUT2D eigenvalue weighted by Gasteiger charge is -2.12. The van der Waals surface area contributed by atoms with E-state index in [1.54, 1.807) is 37.3 Å². The smallest absolute Gasteiger partial charge is 0.434 e. The van der Waals surface area contributed by atoms with E-state index in [0.717, 1.165) is 0 Å². The second-order valence-corrected chi connectivity index (χ2v) is 5.53. The molecule has 8 heteroatoms. The van der Waals surface area contributed by atoms with Gasteiger partial charge in [0.25, 0.3) is 5.91 Å². The largest absolute Gasteiger partial charge is 0.513 e. The van der Waals surface area contributed by atoms with Crippen molar-refractivity contribution < 1.29 is 23.9 Å². The predicted octanol–water partition coefficient (Wildman–Crippen LogP) is 3.00. The van der Waals surface area contributed by atoms with E-state index in [4.69, 9.17) is 10.00 Å². The van der Waals surface area contributed by atoms with Crippen LogP contribution in [0.15, 0.2) is 48.5 Å². The van der Waals surface area contributed by atoms with E-state index in [9.17, 15) is 14.4 Å². The van der Waals surface area contributed by atoms with E-state index in [0.29, 0.717) is 16.8 Å². The average molecular weight is 381 g/mol. The minimum atomic E-state index is -0.813. The third kappa shape index (κ3) is 6.14. The number of hydrogen-bond donors (Lipinski definition) is 2. The van der Waals surface area contributed by atoms with Gasteiger partial charge in [0.15, 0.2) is 0 Å². The van der Waals surface area contributed by atoms with Crippen LogP contribution in [-0.4, -0.2) is 24.6 Å². The van der Waals surface area contributed by atoms with Gasteiger partial charge in [0.05, 0.1) is 12.7 Å². The first kappa shape index (κ1) is 20.5. The van der Waals surface area contributed by atoms with E-state index < -0.39 is 6.16 Å². The van der Waals surface area contributed by atoms with Gasteiger partial charge in [-0.2, -0.15) is 5.26 Å². The Balaban J connectivity index is 2.02. The molecule has 0 spiro atoms. The predicted molar refractivity (Wildman–Crippen MR) is 101 cm³/mol. The molecule has 0 saturated heterocycles. The highest BCUT2D eigenvalue weighted by atomic mass is 16.7. The molecule has 0 fully saturated rings. The number of amides is 2. The second kappa shape index (κ2) is 10.3. The highest BCUT2D eigenvalue weighted by Gasteiger charge is 2.11. The fraction of sp³-hybridized carbons (Fsp3) is 0.200. The summed E-state index contributed by atoms with van der Waals surface area (Å²) in [7, 11) is 0. The summed E-state index contributed by atoms with van der Waals surface area (Å²) in [6.45, 7) is 2.06. The van der Waals surface area contributed by atoms with Gasteiger partial charge >= 0.3 is 6.16 Å². The molecular weight excluding hydrogens is 362 g/mol. The number of nitrogens with zero attached hydrogens (tertiary/aromatic N) is 1. The van der Waals surface area contributed by atoms with Crippen LogP contribution in [0.1, 0.15) is 29.3 Å². The van der Waals surface area contributed by atoms with Gasteiger partial charge in [-0.3, -0.25) is 9.59 Å². The molecule has 0 aliphatic rings. The number of rotatable bonds is 7. The minimum absolute atomic E-state index is 0.184. The molecule has 2 aromatic rings. The van der Waals surface area contributed by atoms with Crippen LogP contribution in [0, 0.1) is 11.3 Å². The van der Waals surface area contributed by atoms with E-state index >= 15 is 0 Å². The third-order valence-corrected chi connectivity index (χ3v) is 3.56. The maximum atomic E-state index is 12.5. The zero-order valence-electron chi connectivity index (χ0n) is 15.2. The van der Waals surface area contributed by atoms with Gasteiger partial charge in [0, 0.05) is 17.8 Å². The van der Waals surface area contributed by atoms with Gasteiger partial charge in [0.1, 0.15) is 12.2 Å². The normalized spacial score (nSPS) is 9.71. The van der Waals surface area contributed by atoms with Crippen LogP contribution in [0.25, 0.3) is 0 Å². The number of benzene rings is 2. The van der Waals surface area contributed by atoms with Crippen molar-refractivity contribution in [3.63, 3.8) is 0 Å². The second-order valence-electron chi connectivity index (χ2n) is 5.53. The summed E-state index contributed by atoms with van der Waals surface area (Å²) in [5.41, 5.74) is 1.60. The molecular formula is C20H19N3O5. The van der Waals surface area contributed by atoms with Crippen LogP contribution in [-0.2, 0) is 16.1 Å². The van der Waals surface area contributed by atoms with Gasteiger partial charge in [-0.1, -0.05) is 18.2 Å². The number of nitriles is 1. The third-order valence-electron chi connectivity index (χ3n) is 3.56. The van der Waals surface area contributed by atoms with Crippen LogP contribution in [0.4, 0.5) is 10.5 Å². The molecule has 0 unspecified atom stereocenters. The summed E-state index contributed by atoms with van der Waals surface area (Å²) < 4.78 is 9.63. The molecule has 0 aliphatic carbocycles. The Labute approximate surface area is 162 Å². The summed E-state index contributed by atoms with van der Waals surface area (Å²) in [6, 6.07) is 14.8. The van der Waals surface area contributed by atoms with Crippen LogP contribution in [0.2, 0.25) is 0 Å². The molecule has 8 nitrogen and oxygen atoms in total. The Kier molecular flexibility index (Phi) is 7.54. The Bertz CT molecular complexity index is 887. The van der Waals surface area contributed by atoms with Crippen molar-refractivity contribution in [1.29, 1.82) is 5.26 Å². The van der Waals surface area contributed by atoms with Crippen molar-refractivity contribution in [2.45, 2.75) is 19.9 Å². The molecule has 2 N–H and O–H groups in total. The molecule has 0 radical (unpaired) electrons. The standard InChI is InChI=1S/C20H19N3O5/c1-2-27-20(26)28-16-9-7-14(8-10-16)19(25)23-17-6-4-3-5-15(17)13-22-18(24)11-12-21/h3-10H,2,11,13H2,1H3,(H,22,24)(H,23,25). The average Bonchev–Trinajstić information content (AvgIpc) is 2.68. The van der Waals surface area contributed by atoms with Gasteiger partial charge in [-0.25, -0.2) is 4.79 Å². The number of anilines is 1. The van der Waals surface area contributed by atoms with Crippen LogP contribution >= 0.6 is 0 Å². The van der Waals surface area contributed by atoms with Gasteiger partial charge in [-0.05, 0) is 42.8 Å². The lowest BCUT2D eigenvalue weighted by Crippen LogP contribution is -2.23. The van der Waals surface area contributed by atoms with Crippen molar-refractivity contribution >= 4 is 23.7 Å². The zero-order valence-corrected chi connectivity index (χ0v) is 15.2. The number of ether oxygens (including phenoxy) is 2. The first-order valence-corrected chi connectivity index (χ1v) is 8.51. The fourth-order valence-corrected chi connectivity index (χ4v) is 2.24. The minimum Gasteiger partial charge on any atom is -0.434 e. The number of carbonyl (C=O) groups is 3. The summed E-state index contributed by atoms with van der Waals surface area (Å²) >= 11 is 0. The Morgan fingerprint density at radius 1 is 1.07 bits per heavy atom. The SMILES string of the molecule is CCOC(=O)Oc1ccc(C(=O)Nc2ccccc2CNC(=O)CC#N)cc1. The van der Waals surface area contributed by atoms with Crippen LogP contribution in [0.3, 0.4) is 0 Å². The van der Waals surface area contributed by atoms with E-state index in [2.05, 4.69) is 15.4 Å². The van der Waals surface area contributed by atoms with E-state index in [-0.39, 0.29) is 37.1 Å². The zero-order chi connectivity index (χ0) is 20.4. The first-order valence-electron chi connectivity index (χ1n) is 8.51. The number of nitrogens with one attached hydrogen (secondary N) is 2. The summed E-state index contributed by atoms with van der Waals surface area (Å²) in [5.74, 6) is -0.491. The van der Waals surface area contributed by atoms with Crippen LogP contribution < -0.4 is 15.4 Å². The van der Waals surface area contributed by atoms with Gasteiger partial charge in [-0.15, -0.1) is 0 Å². The molecule has 0 atom stereocenters. The monoisotopic (exact) mass is 381 g/mol. The molecule has 0 saturated carbocycles. The molecule has 0 aromatic heterocycles. The summed E-state index contributed by atoms with van der Waals surface area (Å²) in [6.07, 6.45) is -1.04. The Morgan fingerprint density at radius 2 is 1.79 bits per heavy atom. The molecule has 28 heavy (non-hydrogen) atoms. The van der Waals surface area contributed by atoms with Crippen LogP contribution in [0.5, 0.6) is 5.75 Å². The van der Waals surface area contributed by atoms with E-state index in [1.165, 1.54) is 24.3 Å². The van der Waals surface area contributed by atoms with Crippen molar-refractivity contribution in [2.24, 2.45) is 0 Å². The molecule has 2 rings (SSSR count). The summed E-state index contributed by atoms with van der Waals surface area (Å²) in [4.78, 5) is 35.2. The van der Waals surface area contributed by atoms with Crippen molar-refractivity contribution in [3.8, 4) is 11.8 Å². The van der Waals surface area contributed by atoms with E-state index in [1.807, 2.05) is 0 Å². The quantitative estimate of drug-likeness (QED) is 0.562. The maximum Gasteiger partial charge on any atom is 0.513 e. The summed E-state index contributed by atoms with van der Waals surface area (Å²) in [5, 5.41) is 13.9. The molecule has 0 aliphatic heterocycles. The lowest BCUT2D eigenvalue weighted by molar-refractivity contribution is -0.120. The van der Waals surface area contributed by atoms with Gasteiger partial charge < -0.3 is 20.1 Å². The van der Waals surface area contributed by atoms with Gasteiger partial charge in [0.2, 0.25) is 5.91 Å². The topological polar surface area (TPSA) is 118 Å². The maximum absolute atomic E-state index is 12.5. The Hall–Kier alpha value is -3.86. The molecule has 2 aromatic carbocycles. The highest BCUT2D eigenvalue weighted by molar-refractivity contribution is 6.04. The van der Waals surface area contributed by atoms with Crippen molar-refractivity contribution in [3.05, 3.63) is 59.7 Å². The number of hydrogen-bond acceptors (Lipinski definition) is 6. The highest BCUT2D eigenvalue weighted by Crippen LogP contribution is 2.18.